The molecule has 0 unspecified atom stereocenters. The van der Waals surface area contributed by atoms with Crippen molar-refractivity contribution < 1.29 is 9.84 Å². The molecule has 5 nitrogen and oxygen atoms in total. The zero-order valence-corrected chi connectivity index (χ0v) is 16.8. The van der Waals surface area contributed by atoms with Crippen molar-refractivity contribution in [3.63, 3.8) is 0 Å². The van der Waals surface area contributed by atoms with Crippen molar-refractivity contribution in [1.29, 1.82) is 0 Å². The van der Waals surface area contributed by atoms with Crippen LogP contribution < -0.4 is 9.64 Å². The van der Waals surface area contributed by atoms with Gasteiger partial charge in [0.05, 0.1) is 7.11 Å². The Bertz CT molecular complexity index is 757. The van der Waals surface area contributed by atoms with Gasteiger partial charge in [-0.2, -0.15) is 0 Å². The molecule has 0 aromatic heterocycles. The number of aromatic hydroxyl groups is 1. The van der Waals surface area contributed by atoms with Crippen LogP contribution in [0.1, 0.15) is 18.4 Å². The maximum absolute atomic E-state index is 10.1. The molecule has 1 N–H and O–H groups in total. The number of phenols is 1. The van der Waals surface area contributed by atoms with Gasteiger partial charge in [-0.3, -0.25) is 9.80 Å². The molecule has 0 spiro atoms. The summed E-state index contributed by atoms with van der Waals surface area (Å²) in [5, 5.41) is 10.1. The molecule has 0 radical (unpaired) electrons. The molecular weight excluding hydrogens is 350 g/mol. The molecule has 0 saturated carbocycles. The van der Waals surface area contributed by atoms with E-state index in [-0.39, 0.29) is 0 Å². The number of phenolic OH excluding ortho intramolecular Hbond substituents is 1. The smallest absolute Gasteiger partial charge is 0.120 e. The summed E-state index contributed by atoms with van der Waals surface area (Å²) in [6.45, 7) is 7.43. The van der Waals surface area contributed by atoms with E-state index in [1.807, 2.05) is 30.3 Å². The van der Waals surface area contributed by atoms with Crippen LogP contribution in [0.5, 0.6) is 11.5 Å². The minimum atomic E-state index is 0.415. The molecule has 1 atom stereocenters. The number of rotatable bonds is 5. The predicted molar refractivity (Wildman–Crippen MR) is 113 cm³/mol. The molecule has 2 aromatic rings. The fraction of sp³-hybridized carbons (Fsp3) is 0.478. The van der Waals surface area contributed by atoms with Crippen LogP contribution in [0.15, 0.2) is 48.5 Å². The number of ether oxygens (including phenoxy) is 1. The predicted octanol–water partition coefficient (Wildman–Crippen LogP) is 3.19. The lowest BCUT2D eigenvalue weighted by atomic mass is 10.0. The minimum Gasteiger partial charge on any atom is -0.508 e. The number of anilines is 1. The summed E-state index contributed by atoms with van der Waals surface area (Å²) in [5.74, 6) is 1.33. The Morgan fingerprint density at radius 1 is 0.964 bits per heavy atom. The molecule has 4 rings (SSSR count). The van der Waals surface area contributed by atoms with Gasteiger partial charge >= 0.3 is 0 Å². The van der Waals surface area contributed by atoms with Crippen LogP contribution in [0.25, 0.3) is 0 Å². The van der Waals surface area contributed by atoms with Crippen LogP contribution in [-0.4, -0.2) is 67.3 Å². The average Bonchev–Trinajstić information content (AvgIpc) is 2.76. The van der Waals surface area contributed by atoms with E-state index in [2.05, 4.69) is 26.8 Å². The molecule has 0 aliphatic carbocycles. The number of likely N-dealkylation sites (tertiary alicyclic amines) is 1. The molecule has 2 aliphatic rings. The molecule has 2 saturated heterocycles. The number of methoxy groups -OCH3 is 1. The normalized spacial score (nSPS) is 21.6. The molecule has 150 valence electrons. The maximum Gasteiger partial charge on any atom is 0.120 e. The first-order valence-corrected chi connectivity index (χ1v) is 10.4. The van der Waals surface area contributed by atoms with Gasteiger partial charge in [0.25, 0.3) is 0 Å². The highest BCUT2D eigenvalue weighted by Crippen LogP contribution is 2.25. The first-order valence-electron chi connectivity index (χ1n) is 10.4. The van der Waals surface area contributed by atoms with Gasteiger partial charge in [0.15, 0.2) is 0 Å². The molecule has 0 bridgehead atoms. The van der Waals surface area contributed by atoms with Crippen molar-refractivity contribution in [2.24, 2.45) is 0 Å². The van der Waals surface area contributed by atoms with E-state index >= 15 is 0 Å². The SMILES string of the molecule is COc1ccc(N2CCN([C@H]3CCCN(Cc4ccccc4O)C3)CC2)cc1. The Labute approximate surface area is 168 Å². The van der Waals surface area contributed by atoms with Crippen LogP contribution in [0.2, 0.25) is 0 Å². The summed E-state index contributed by atoms with van der Waals surface area (Å²) in [6.07, 6.45) is 2.51. The molecule has 5 heteroatoms. The van der Waals surface area contributed by atoms with Gasteiger partial charge in [0.2, 0.25) is 0 Å². The molecule has 0 amide bonds. The molecular formula is C23H31N3O2. The van der Waals surface area contributed by atoms with Gasteiger partial charge in [-0.15, -0.1) is 0 Å². The van der Waals surface area contributed by atoms with Crippen LogP contribution in [0, 0.1) is 0 Å². The Morgan fingerprint density at radius 3 is 2.43 bits per heavy atom. The van der Waals surface area contributed by atoms with Crippen LogP contribution in [0.4, 0.5) is 5.69 Å². The molecule has 2 heterocycles. The highest BCUT2D eigenvalue weighted by molar-refractivity contribution is 5.49. The number of piperidine rings is 1. The third-order valence-corrected chi connectivity index (χ3v) is 6.13. The number of benzene rings is 2. The van der Waals surface area contributed by atoms with Gasteiger partial charge in [0, 0.05) is 56.6 Å². The first-order chi connectivity index (χ1) is 13.7. The zero-order valence-electron chi connectivity index (χ0n) is 16.8. The fourth-order valence-corrected chi connectivity index (χ4v) is 4.50. The van der Waals surface area contributed by atoms with Gasteiger partial charge < -0.3 is 14.7 Å². The summed E-state index contributed by atoms with van der Waals surface area (Å²) in [5.41, 5.74) is 2.32. The minimum absolute atomic E-state index is 0.415. The van der Waals surface area contributed by atoms with E-state index in [1.54, 1.807) is 13.2 Å². The van der Waals surface area contributed by atoms with E-state index in [4.69, 9.17) is 4.74 Å². The van der Waals surface area contributed by atoms with E-state index < -0.39 is 0 Å². The van der Waals surface area contributed by atoms with Crippen LogP contribution in [0.3, 0.4) is 0 Å². The fourth-order valence-electron chi connectivity index (χ4n) is 4.50. The highest BCUT2D eigenvalue weighted by Gasteiger charge is 2.28. The van der Waals surface area contributed by atoms with Crippen molar-refractivity contribution >= 4 is 5.69 Å². The van der Waals surface area contributed by atoms with Crippen molar-refractivity contribution in [3.8, 4) is 11.5 Å². The second-order valence-corrected chi connectivity index (χ2v) is 7.88. The first kappa shape index (κ1) is 19.1. The van der Waals surface area contributed by atoms with Gasteiger partial charge in [0.1, 0.15) is 11.5 Å². The summed E-state index contributed by atoms with van der Waals surface area (Å²) in [6, 6.07) is 16.7. The lowest BCUT2D eigenvalue weighted by molar-refractivity contribution is 0.0883. The Kier molecular flexibility index (Phi) is 6.03. The Morgan fingerprint density at radius 2 is 1.71 bits per heavy atom. The van der Waals surface area contributed by atoms with E-state index in [0.717, 1.165) is 57.1 Å². The van der Waals surface area contributed by atoms with Gasteiger partial charge in [-0.25, -0.2) is 0 Å². The molecule has 2 aromatic carbocycles. The van der Waals surface area contributed by atoms with E-state index in [0.29, 0.717) is 11.8 Å². The van der Waals surface area contributed by atoms with Crippen molar-refractivity contribution in [2.75, 3.05) is 51.3 Å². The van der Waals surface area contributed by atoms with Crippen LogP contribution >= 0.6 is 0 Å². The van der Waals surface area contributed by atoms with Crippen LogP contribution in [-0.2, 0) is 6.54 Å². The summed E-state index contributed by atoms with van der Waals surface area (Å²) in [7, 11) is 1.71. The van der Waals surface area contributed by atoms with Gasteiger partial charge in [-0.05, 0) is 49.7 Å². The summed E-state index contributed by atoms with van der Waals surface area (Å²) in [4.78, 5) is 7.63. The molecule has 2 fully saturated rings. The second kappa shape index (κ2) is 8.84. The lowest BCUT2D eigenvalue weighted by Gasteiger charge is -2.44. The van der Waals surface area contributed by atoms with Crippen molar-refractivity contribution in [3.05, 3.63) is 54.1 Å². The Balaban J connectivity index is 1.31. The number of para-hydroxylation sites is 1. The lowest BCUT2D eigenvalue weighted by Crippen LogP contribution is -2.55. The van der Waals surface area contributed by atoms with Crippen molar-refractivity contribution in [2.45, 2.75) is 25.4 Å². The quantitative estimate of drug-likeness (QED) is 0.861. The monoisotopic (exact) mass is 381 g/mol. The molecule has 2 aliphatic heterocycles. The number of hydrogen-bond acceptors (Lipinski definition) is 5. The highest BCUT2D eigenvalue weighted by atomic mass is 16.5. The standard InChI is InChI=1S/C23H31N3O2/c1-28-22-10-8-20(9-11-22)25-13-15-26(16-14-25)21-6-4-12-24(18-21)17-19-5-2-3-7-23(19)27/h2-3,5,7-11,21,27H,4,6,12-18H2,1H3/t21-/m0/s1. The topological polar surface area (TPSA) is 39.2 Å². The Hall–Kier alpha value is -2.24. The largest absolute Gasteiger partial charge is 0.508 e. The zero-order chi connectivity index (χ0) is 19.3. The maximum atomic E-state index is 10.1. The number of piperazine rings is 1. The van der Waals surface area contributed by atoms with E-state index in [9.17, 15) is 5.11 Å². The second-order valence-electron chi connectivity index (χ2n) is 7.88. The third-order valence-electron chi connectivity index (χ3n) is 6.13. The van der Waals surface area contributed by atoms with Gasteiger partial charge in [-0.1, -0.05) is 18.2 Å². The average molecular weight is 382 g/mol. The number of hydrogen-bond donors (Lipinski definition) is 1. The summed E-state index contributed by atoms with van der Waals surface area (Å²) < 4.78 is 5.27. The summed E-state index contributed by atoms with van der Waals surface area (Å²) >= 11 is 0. The molecule has 28 heavy (non-hydrogen) atoms. The van der Waals surface area contributed by atoms with E-state index in [1.165, 1.54) is 18.5 Å². The third kappa shape index (κ3) is 4.42. The van der Waals surface area contributed by atoms with Crippen molar-refractivity contribution in [1.82, 2.24) is 9.80 Å². The number of nitrogens with zero attached hydrogens (tertiary/aromatic N) is 3.